The van der Waals surface area contributed by atoms with Crippen LogP contribution >= 0.6 is 0 Å². The minimum atomic E-state index is -0.0335. The number of rotatable bonds is 2. The van der Waals surface area contributed by atoms with Gasteiger partial charge in [0.25, 0.3) is 0 Å². The molecule has 1 aliphatic carbocycles. The van der Waals surface area contributed by atoms with Gasteiger partial charge in [0, 0.05) is 5.92 Å². The van der Waals surface area contributed by atoms with Gasteiger partial charge in [-0.1, -0.05) is 32.1 Å². The molecule has 94 valence electrons. The Bertz CT molecular complexity index is 371. The number of ether oxygens (including phenoxy) is 1. The summed E-state index contributed by atoms with van der Waals surface area (Å²) in [5, 5.41) is 0. The van der Waals surface area contributed by atoms with Gasteiger partial charge in [-0.25, -0.2) is 0 Å². The van der Waals surface area contributed by atoms with Crippen LogP contribution in [0.2, 0.25) is 0 Å². The quantitative estimate of drug-likeness (QED) is 0.541. The lowest BCUT2D eigenvalue weighted by molar-refractivity contribution is -0.145. The molecule has 0 radical (unpaired) electrons. The number of carbonyl (C=O) groups excluding carboxylic acids is 1. The molecule has 2 aliphatic rings. The van der Waals surface area contributed by atoms with Gasteiger partial charge in [-0.05, 0) is 31.1 Å². The fourth-order valence-corrected chi connectivity index (χ4v) is 3.50. The van der Waals surface area contributed by atoms with Gasteiger partial charge in [0.1, 0.15) is 6.10 Å². The molecule has 1 aliphatic heterocycles. The number of allylic oxidation sites excluding steroid dienone is 2. The smallest absolute Gasteiger partial charge is 0.309 e. The third kappa shape index (κ3) is 1.84. The Morgan fingerprint density at radius 1 is 1.59 bits per heavy atom. The van der Waals surface area contributed by atoms with E-state index in [0.29, 0.717) is 11.8 Å². The average Bonchev–Trinajstić information content (AvgIpc) is 2.53. The van der Waals surface area contributed by atoms with Crippen molar-refractivity contribution in [2.75, 3.05) is 0 Å². The van der Waals surface area contributed by atoms with E-state index in [0.717, 1.165) is 12.8 Å². The molecule has 1 saturated heterocycles. The molecule has 2 nitrogen and oxygen atoms in total. The van der Waals surface area contributed by atoms with Gasteiger partial charge < -0.3 is 4.74 Å². The predicted molar refractivity (Wildman–Crippen MR) is 68.4 cm³/mol. The van der Waals surface area contributed by atoms with Crippen LogP contribution in [0.3, 0.4) is 0 Å². The molecule has 2 fully saturated rings. The van der Waals surface area contributed by atoms with Crippen molar-refractivity contribution in [1.29, 1.82) is 0 Å². The second kappa shape index (κ2) is 4.01. The second-order valence-electron chi connectivity index (χ2n) is 5.98. The highest BCUT2D eigenvalue weighted by molar-refractivity contribution is 5.75. The van der Waals surface area contributed by atoms with Crippen molar-refractivity contribution in [2.24, 2.45) is 23.2 Å². The first-order valence-electron chi connectivity index (χ1n) is 6.38. The van der Waals surface area contributed by atoms with Crippen LogP contribution < -0.4 is 0 Å². The van der Waals surface area contributed by atoms with Gasteiger partial charge in [-0.2, -0.15) is 0 Å². The molecule has 0 N–H and O–H groups in total. The summed E-state index contributed by atoms with van der Waals surface area (Å²) < 4.78 is 5.49. The molecule has 0 aromatic heterocycles. The third-order valence-corrected chi connectivity index (χ3v) is 4.77. The summed E-state index contributed by atoms with van der Waals surface area (Å²) in [5.41, 5.74) is 1.20. The Balaban J connectivity index is 2.29. The molecule has 0 aromatic rings. The van der Waals surface area contributed by atoms with Gasteiger partial charge in [0.15, 0.2) is 0 Å². The number of esters is 1. The molecule has 0 amide bonds. The van der Waals surface area contributed by atoms with Crippen LogP contribution in [-0.2, 0) is 9.53 Å². The molecule has 0 aromatic carbocycles. The maximum absolute atomic E-state index is 11.6. The summed E-state index contributed by atoms with van der Waals surface area (Å²) >= 11 is 0. The number of hydrogen-bond acceptors (Lipinski definition) is 2. The van der Waals surface area contributed by atoms with Crippen molar-refractivity contribution < 1.29 is 9.53 Å². The highest BCUT2D eigenvalue weighted by atomic mass is 16.6. The SMILES string of the molecule is C=C[C@@]1(C)C[C@H]2OC(=O)[C@@H](C)[C@H]2C[C@H]1C(=C)C. The molecular formula is C15H22O2. The molecule has 2 heteroatoms. The van der Waals surface area contributed by atoms with Crippen molar-refractivity contribution in [1.82, 2.24) is 0 Å². The summed E-state index contributed by atoms with van der Waals surface area (Å²) in [6.07, 6.45) is 3.97. The van der Waals surface area contributed by atoms with Crippen molar-refractivity contribution in [2.45, 2.75) is 39.7 Å². The number of hydrogen-bond donors (Lipinski definition) is 0. The predicted octanol–water partition coefficient (Wildman–Crippen LogP) is 3.34. The van der Waals surface area contributed by atoms with Crippen molar-refractivity contribution >= 4 is 5.97 Å². The second-order valence-corrected chi connectivity index (χ2v) is 5.98. The molecular weight excluding hydrogens is 212 g/mol. The number of fused-ring (bicyclic) bond motifs is 1. The molecule has 1 saturated carbocycles. The Morgan fingerprint density at radius 3 is 2.76 bits per heavy atom. The fourth-order valence-electron chi connectivity index (χ4n) is 3.50. The Labute approximate surface area is 104 Å². The summed E-state index contributed by atoms with van der Waals surface area (Å²) in [4.78, 5) is 11.6. The minimum absolute atomic E-state index is 0.0112. The zero-order valence-corrected chi connectivity index (χ0v) is 11.0. The van der Waals surface area contributed by atoms with E-state index in [1.54, 1.807) is 0 Å². The molecule has 5 atom stereocenters. The normalized spacial score (nSPS) is 45.0. The average molecular weight is 234 g/mol. The summed E-state index contributed by atoms with van der Waals surface area (Å²) in [6.45, 7) is 14.3. The molecule has 17 heavy (non-hydrogen) atoms. The van der Waals surface area contributed by atoms with Crippen LogP contribution in [0.15, 0.2) is 24.8 Å². The standard InChI is InChI=1S/C15H22O2/c1-6-15(5)8-13-11(7-12(15)9(2)3)10(4)14(16)17-13/h6,10-13H,1-2,7-8H2,3-5H3/t10-,11+,12-,13+,15-/m0/s1. The van der Waals surface area contributed by atoms with Crippen molar-refractivity contribution in [3.05, 3.63) is 24.8 Å². The Morgan fingerprint density at radius 2 is 2.24 bits per heavy atom. The topological polar surface area (TPSA) is 26.3 Å². The lowest BCUT2D eigenvalue weighted by Gasteiger charge is -2.44. The summed E-state index contributed by atoms with van der Waals surface area (Å²) in [6, 6.07) is 0. The van der Waals surface area contributed by atoms with Gasteiger partial charge in [0.2, 0.25) is 0 Å². The van der Waals surface area contributed by atoms with E-state index in [1.165, 1.54) is 5.57 Å². The highest BCUT2D eigenvalue weighted by Crippen LogP contribution is 2.52. The third-order valence-electron chi connectivity index (χ3n) is 4.77. The number of carbonyl (C=O) groups is 1. The van der Waals surface area contributed by atoms with Gasteiger partial charge >= 0.3 is 5.97 Å². The summed E-state index contributed by atoms with van der Waals surface area (Å²) in [5.74, 6) is 0.778. The van der Waals surface area contributed by atoms with E-state index in [2.05, 4.69) is 27.0 Å². The lowest BCUT2D eigenvalue weighted by Crippen LogP contribution is -2.41. The van der Waals surface area contributed by atoms with Crippen LogP contribution in [0.4, 0.5) is 0 Å². The van der Waals surface area contributed by atoms with E-state index in [4.69, 9.17) is 4.74 Å². The molecule has 0 unspecified atom stereocenters. The molecule has 1 heterocycles. The Kier molecular flexibility index (Phi) is 2.92. The van der Waals surface area contributed by atoms with Crippen LogP contribution in [0.5, 0.6) is 0 Å². The summed E-state index contributed by atoms with van der Waals surface area (Å²) in [7, 11) is 0. The highest BCUT2D eigenvalue weighted by Gasteiger charge is 2.51. The largest absolute Gasteiger partial charge is 0.462 e. The maximum atomic E-state index is 11.6. The van der Waals surface area contributed by atoms with E-state index < -0.39 is 0 Å². The molecule has 2 rings (SSSR count). The van der Waals surface area contributed by atoms with Gasteiger partial charge in [0.05, 0.1) is 5.92 Å². The van der Waals surface area contributed by atoms with E-state index in [1.807, 2.05) is 13.0 Å². The first-order chi connectivity index (χ1) is 7.89. The minimum Gasteiger partial charge on any atom is -0.462 e. The monoisotopic (exact) mass is 234 g/mol. The first kappa shape index (κ1) is 12.4. The zero-order valence-electron chi connectivity index (χ0n) is 11.0. The van der Waals surface area contributed by atoms with E-state index >= 15 is 0 Å². The van der Waals surface area contributed by atoms with E-state index in [-0.39, 0.29) is 23.4 Å². The molecule has 0 bridgehead atoms. The zero-order chi connectivity index (χ0) is 12.8. The van der Waals surface area contributed by atoms with Crippen LogP contribution in [0.1, 0.15) is 33.6 Å². The fraction of sp³-hybridized carbons (Fsp3) is 0.667. The van der Waals surface area contributed by atoms with Gasteiger partial charge in [-0.3, -0.25) is 4.79 Å². The Hall–Kier alpha value is -1.05. The van der Waals surface area contributed by atoms with Crippen LogP contribution in [-0.4, -0.2) is 12.1 Å². The van der Waals surface area contributed by atoms with Crippen LogP contribution in [0, 0.1) is 23.2 Å². The molecule has 0 spiro atoms. The van der Waals surface area contributed by atoms with Crippen molar-refractivity contribution in [3.63, 3.8) is 0 Å². The maximum Gasteiger partial charge on any atom is 0.309 e. The van der Waals surface area contributed by atoms with Crippen molar-refractivity contribution in [3.8, 4) is 0 Å². The van der Waals surface area contributed by atoms with Crippen LogP contribution in [0.25, 0.3) is 0 Å². The first-order valence-corrected chi connectivity index (χ1v) is 6.38. The van der Waals surface area contributed by atoms with E-state index in [9.17, 15) is 4.79 Å². The lowest BCUT2D eigenvalue weighted by atomic mass is 9.60. The van der Waals surface area contributed by atoms with Gasteiger partial charge in [-0.15, -0.1) is 6.58 Å².